The van der Waals surface area contributed by atoms with E-state index in [1.165, 1.54) is 0 Å². The fraction of sp³-hybridized carbons (Fsp3) is 0.579. The first-order chi connectivity index (χ1) is 13.2. The highest BCUT2D eigenvalue weighted by atomic mass is 35.5. The summed E-state index contributed by atoms with van der Waals surface area (Å²) in [4.78, 5) is 11.1. The number of H-pyrrole nitrogens is 1. The van der Waals surface area contributed by atoms with Gasteiger partial charge in [-0.2, -0.15) is 18.4 Å². The third kappa shape index (κ3) is 2.83. The molecule has 0 saturated carbocycles. The molecule has 28 heavy (non-hydrogen) atoms. The second kappa shape index (κ2) is 6.53. The Balaban J connectivity index is 1.95. The zero-order chi connectivity index (χ0) is 20.3. The third-order valence-electron chi connectivity index (χ3n) is 6.22. The van der Waals surface area contributed by atoms with Crippen molar-refractivity contribution in [2.75, 3.05) is 31.6 Å². The summed E-state index contributed by atoms with van der Waals surface area (Å²) in [6.45, 7) is 3.85. The van der Waals surface area contributed by atoms with Gasteiger partial charge in [-0.1, -0.05) is 11.6 Å². The van der Waals surface area contributed by atoms with Gasteiger partial charge in [-0.25, -0.2) is 4.98 Å². The number of nitrogens with zero attached hydrogens (tertiary/aromatic N) is 4. The Labute approximate surface area is 166 Å². The number of nitriles is 1. The van der Waals surface area contributed by atoms with Gasteiger partial charge in [0.1, 0.15) is 17.1 Å². The molecule has 0 amide bonds. The van der Waals surface area contributed by atoms with Crippen molar-refractivity contribution in [1.29, 1.82) is 5.26 Å². The zero-order valence-corrected chi connectivity index (χ0v) is 16.5. The number of fused-ring (bicyclic) bond motifs is 1. The number of halogens is 4. The van der Waals surface area contributed by atoms with Crippen molar-refractivity contribution in [3.05, 3.63) is 22.0 Å². The normalized spacial score (nSPS) is 23.7. The Morgan fingerprint density at radius 2 is 1.93 bits per heavy atom. The van der Waals surface area contributed by atoms with Gasteiger partial charge < -0.3 is 9.88 Å². The molecule has 1 unspecified atom stereocenters. The molecule has 0 aliphatic carbocycles. The van der Waals surface area contributed by atoms with E-state index in [-0.39, 0.29) is 21.8 Å². The molecule has 2 aromatic heterocycles. The molecule has 1 N–H and O–H groups in total. The van der Waals surface area contributed by atoms with Crippen LogP contribution in [0, 0.1) is 18.3 Å². The smallest absolute Gasteiger partial charge is 0.367 e. The van der Waals surface area contributed by atoms with Crippen LogP contribution in [0.2, 0.25) is 5.02 Å². The van der Waals surface area contributed by atoms with E-state index >= 15 is 0 Å². The molecule has 0 aromatic carbocycles. The Morgan fingerprint density at radius 3 is 2.54 bits per heavy atom. The summed E-state index contributed by atoms with van der Waals surface area (Å²) in [6.07, 6.45) is -0.796. The van der Waals surface area contributed by atoms with Crippen molar-refractivity contribution in [1.82, 2.24) is 14.9 Å². The lowest BCUT2D eigenvalue weighted by molar-refractivity contribution is -0.141. The molecule has 1 atom stereocenters. The van der Waals surface area contributed by atoms with Gasteiger partial charge in [0.05, 0.1) is 16.2 Å². The minimum atomic E-state index is -4.74. The number of hydrogen-bond donors (Lipinski definition) is 1. The van der Waals surface area contributed by atoms with Gasteiger partial charge in [0.25, 0.3) is 0 Å². The van der Waals surface area contributed by atoms with Gasteiger partial charge in [0.15, 0.2) is 5.69 Å². The van der Waals surface area contributed by atoms with Crippen LogP contribution in [0.3, 0.4) is 0 Å². The Bertz CT molecular complexity index is 977. The number of pyridine rings is 1. The van der Waals surface area contributed by atoms with E-state index in [2.05, 4.69) is 21.9 Å². The van der Waals surface area contributed by atoms with Crippen molar-refractivity contribution in [3.63, 3.8) is 0 Å². The molecule has 4 heterocycles. The van der Waals surface area contributed by atoms with Gasteiger partial charge in [-0.3, -0.25) is 4.90 Å². The molecule has 2 saturated heterocycles. The Kier molecular flexibility index (Phi) is 4.51. The zero-order valence-electron chi connectivity index (χ0n) is 15.8. The molecule has 2 aliphatic rings. The van der Waals surface area contributed by atoms with E-state index in [0.29, 0.717) is 24.3 Å². The fourth-order valence-electron chi connectivity index (χ4n) is 4.79. The monoisotopic (exact) mass is 411 g/mol. The Morgan fingerprint density at radius 1 is 1.25 bits per heavy atom. The summed E-state index contributed by atoms with van der Waals surface area (Å²) in [5.41, 5.74) is -0.379. The van der Waals surface area contributed by atoms with Crippen molar-refractivity contribution in [2.24, 2.45) is 0 Å². The average Bonchev–Trinajstić information content (AvgIpc) is 3.12. The number of likely N-dealkylation sites (tertiary alicyclic amines) is 1. The summed E-state index contributed by atoms with van der Waals surface area (Å²) in [5.74, 6) is 0. The minimum absolute atomic E-state index is 0.0651. The minimum Gasteiger partial charge on any atom is -0.367 e. The number of aromatic amines is 1. The lowest BCUT2D eigenvalue weighted by Crippen LogP contribution is -2.54. The molecule has 4 rings (SSSR count). The SMILES string of the molecule is Cc1[nH]c2c(N3CCCC4(CCCN4C)C3)c(C#N)c(C(F)(F)F)nc2c1Cl. The first-order valence-corrected chi connectivity index (χ1v) is 9.71. The van der Waals surface area contributed by atoms with Gasteiger partial charge in [0.2, 0.25) is 0 Å². The van der Waals surface area contributed by atoms with Crippen LogP contribution in [0.4, 0.5) is 18.9 Å². The quantitative estimate of drug-likeness (QED) is 0.751. The molecule has 9 heteroatoms. The summed E-state index contributed by atoms with van der Waals surface area (Å²) in [5, 5.41) is 9.83. The molecule has 0 bridgehead atoms. The van der Waals surface area contributed by atoms with Crippen molar-refractivity contribution >= 4 is 28.3 Å². The van der Waals surface area contributed by atoms with Gasteiger partial charge in [-0.05, 0) is 46.2 Å². The highest BCUT2D eigenvalue weighted by Crippen LogP contribution is 2.44. The topological polar surface area (TPSA) is 59.0 Å². The predicted octanol–water partition coefficient (Wildman–Crippen LogP) is 4.48. The van der Waals surface area contributed by atoms with Gasteiger partial charge in [-0.15, -0.1) is 0 Å². The second-order valence-electron chi connectivity index (χ2n) is 7.86. The molecule has 150 valence electrons. The maximum Gasteiger partial charge on any atom is 0.434 e. The molecular formula is C19H21ClF3N5. The maximum absolute atomic E-state index is 13.7. The highest BCUT2D eigenvalue weighted by Gasteiger charge is 2.44. The number of piperidine rings is 1. The summed E-state index contributed by atoms with van der Waals surface area (Å²) < 4.78 is 41.1. The van der Waals surface area contributed by atoms with Gasteiger partial charge >= 0.3 is 6.18 Å². The van der Waals surface area contributed by atoms with Crippen LogP contribution >= 0.6 is 11.6 Å². The number of anilines is 1. The maximum atomic E-state index is 13.7. The van der Waals surface area contributed by atoms with Crippen LogP contribution in [-0.4, -0.2) is 47.1 Å². The van der Waals surface area contributed by atoms with E-state index in [0.717, 1.165) is 32.2 Å². The largest absolute Gasteiger partial charge is 0.434 e. The number of alkyl halides is 3. The summed E-state index contributed by atoms with van der Waals surface area (Å²) in [6, 6.07) is 1.78. The molecule has 5 nitrogen and oxygen atoms in total. The van der Waals surface area contributed by atoms with E-state index in [1.807, 2.05) is 4.90 Å². The van der Waals surface area contributed by atoms with E-state index in [4.69, 9.17) is 11.6 Å². The predicted molar refractivity (Wildman–Crippen MR) is 102 cm³/mol. The third-order valence-corrected chi connectivity index (χ3v) is 6.68. The molecule has 2 aromatic rings. The number of nitrogens with one attached hydrogen (secondary N) is 1. The lowest BCUT2D eigenvalue weighted by Gasteiger charge is -2.46. The lowest BCUT2D eigenvalue weighted by atomic mass is 9.86. The van der Waals surface area contributed by atoms with Crippen LogP contribution < -0.4 is 4.90 Å². The van der Waals surface area contributed by atoms with Crippen LogP contribution in [0.5, 0.6) is 0 Å². The number of hydrogen-bond acceptors (Lipinski definition) is 4. The molecule has 1 spiro atoms. The molecular weight excluding hydrogens is 391 g/mol. The van der Waals surface area contributed by atoms with Crippen LogP contribution in [0.1, 0.15) is 42.6 Å². The number of rotatable bonds is 1. The number of likely N-dealkylation sites (N-methyl/N-ethyl adjacent to an activating group) is 1. The molecule has 2 aliphatic heterocycles. The molecule has 2 fully saturated rings. The van der Waals surface area contributed by atoms with Crippen molar-refractivity contribution in [2.45, 2.75) is 44.3 Å². The van der Waals surface area contributed by atoms with E-state index in [9.17, 15) is 18.4 Å². The first-order valence-electron chi connectivity index (χ1n) is 9.33. The van der Waals surface area contributed by atoms with E-state index < -0.39 is 17.4 Å². The average molecular weight is 412 g/mol. The number of aryl methyl sites for hydroxylation is 1. The second-order valence-corrected chi connectivity index (χ2v) is 8.23. The fourth-order valence-corrected chi connectivity index (χ4v) is 4.97. The number of aromatic nitrogens is 2. The van der Waals surface area contributed by atoms with Gasteiger partial charge in [0, 0.05) is 24.3 Å². The molecule has 0 radical (unpaired) electrons. The summed E-state index contributed by atoms with van der Waals surface area (Å²) >= 11 is 6.24. The first kappa shape index (κ1) is 19.3. The van der Waals surface area contributed by atoms with Crippen LogP contribution in [0.25, 0.3) is 11.0 Å². The van der Waals surface area contributed by atoms with Crippen molar-refractivity contribution < 1.29 is 13.2 Å². The standard InChI is InChI=1S/C19H21ClF3N5/c1-11-13(20)14-15(25-11)16(12(9-24)17(26-14)19(21,22)23)28-8-4-6-18(10-28)5-3-7-27(18)2/h25H,3-8,10H2,1-2H3. The van der Waals surface area contributed by atoms with Crippen LogP contribution in [0.15, 0.2) is 0 Å². The Hall–Kier alpha value is -1.98. The van der Waals surface area contributed by atoms with Crippen LogP contribution in [-0.2, 0) is 6.18 Å². The highest BCUT2D eigenvalue weighted by molar-refractivity contribution is 6.36. The van der Waals surface area contributed by atoms with E-state index in [1.54, 1.807) is 13.0 Å². The van der Waals surface area contributed by atoms with Crippen molar-refractivity contribution in [3.8, 4) is 6.07 Å². The summed E-state index contributed by atoms with van der Waals surface area (Å²) in [7, 11) is 2.07.